The van der Waals surface area contributed by atoms with Crippen LogP contribution in [0, 0.1) is 0 Å². The van der Waals surface area contributed by atoms with Gasteiger partial charge in [0.05, 0.1) is 17.9 Å². The predicted octanol–water partition coefficient (Wildman–Crippen LogP) is 2.06. The van der Waals surface area contributed by atoms with E-state index in [-0.39, 0.29) is 5.91 Å². The maximum Gasteiger partial charge on any atom is 0.246 e. The Labute approximate surface area is 112 Å². The van der Waals surface area contributed by atoms with E-state index in [1.807, 2.05) is 43.6 Å². The van der Waals surface area contributed by atoms with Crippen molar-refractivity contribution in [3.05, 3.63) is 54.4 Å². The van der Waals surface area contributed by atoms with Crippen LogP contribution in [-0.4, -0.2) is 24.5 Å². The van der Waals surface area contributed by atoms with Crippen molar-refractivity contribution in [1.29, 1.82) is 0 Å². The van der Waals surface area contributed by atoms with E-state index in [0.717, 1.165) is 16.9 Å². The number of para-hydroxylation sites is 2. The van der Waals surface area contributed by atoms with Gasteiger partial charge < -0.3 is 9.80 Å². The van der Waals surface area contributed by atoms with E-state index in [1.165, 1.54) is 0 Å². The molecule has 0 bridgehead atoms. The molecule has 0 spiro atoms. The molecule has 96 valence electrons. The Morgan fingerprint density at radius 3 is 2.68 bits per heavy atom. The lowest BCUT2D eigenvalue weighted by atomic mass is 10.1. The number of hydrogen-bond acceptors (Lipinski definition) is 3. The number of likely N-dealkylation sites (N-methyl/N-ethyl adjacent to an activating group) is 1. The molecular formula is C15H15N3O. The number of aromatic nitrogens is 1. The molecule has 0 N–H and O–H groups in total. The Balaban J connectivity index is 1.95. The Morgan fingerprint density at radius 1 is 1.16 bits per heavy atom. The highest BCUT2D eigenvalue weighted by molar-refractivity contribution is 6.02. The minimum atomic E-state index is 0.114. The van der Waals surface area contributed by atoms with Gasteiger partial charge in [0.15, 0.2) is 0 Å². The minimum absolute atomic E-state index is 0.114. The van der Waals surface area contributed by atoms with Crippen molar-refractivity contribution in [3.63, 3.8) is 0 Å². The van der Waals surface area contributed by atoms with Crippen molar-refractivity contribution in [1.82, 2.24) is 4.98 Å². The Hall–Kier alpha value is -2.36. The zero-order chi connectivity index (χ0) is 13.2. The molecule has 0 unspecified atom stereocenters. The molecule has 2 heterocycles. The van der Waals surface area contributed by atoms with E-state index >= 15 is 0 Å². The second kappa shape index (κ2) is 4.72. The van der Waals surface area contributed by atoms with Gasteiger partial charge >= 0.3 is 0 Å². The lowest BCUT2D eigenvalue weighted by molar-refractivity contribution is -0.117. The molecule has 2 aromatic rings. The van der Waals surface area contributed by atoms with Gasteiger partial charge in [-0.15, -0.1) is 0 Å². The summed E-state index contributed by atoms with van der Waals surface area (Å²) >= 11 is 0. The standard InChI is InChI=1S/C15H15N3O/c1-17-13-6-2-3-7-14(13)18(11-15(17)19)10-12-5-4-8-16-9-12/h2-9H,10-11H2,1H3. The molecule has 1 aromatic heterocycles. The summed E-state index contributed by atoms with van der Waals surface area (Å²) in [6.45, 7) is 1.10. The summed E-state index contributed by atoms with van der Waals surface area (Å²) in [4.78, 5) is 20.0. The summed E-state index contributed by atoms with van der Waals surface area (Å²) in [5, 5.41) is 0. The number of fused-ring (bicyclic) bond motifs is 1. The van der Waals surface area contributed by atoms with Crippen LogP contribution in [0.2, 0.25) is 0 Å². The second-order valence-corrected chi connectivity index (χ2v) is 4.66. The summed E-state index contributed by atoms with van der Waals surface area (Å²) in [7, 11) is 1.82. The third-order valence-corrected chi connectivity index (χ3v) is 3.38. The fourth-order valence-electron chi connectivity index (χ4n) is 2.36. The Kier molecular flexibility index (Phi) is 2.91. The number of benzene rings is 1. The second-order valence-electron chi connectivity index (χ2n) is 4.66. The molecule has 0 atom stereocenters. The smallest absolute Gasteiger partial charge is 0.246 e. The fraction of sp³-hybridized carbons (Fsp3) is 0.200. The summed E-state index contributed by atoms with van der Waals surface area (Å²) in [5.74, 6) is 0.114. The SMILES string of the molecule is CN1C(=O)CN(Cc2cccnc2)c2ccccc21. The van der Waals surface area contributed by atoms with E-state index in [4.69, 9.17) is 0 Å². The quantitative estimate of drug-likeness (QED) is 0.822. The van der Waals surface area contributed by atoms with E-state index in [9.17, 15) is 4.79 Å². The van der Waals surface area contributed by atoms with Crippen LogP contribution in [0.5, 0.6) is 0 Å². The topological polar surface area (TPSA) is 36.4 Å². The lowest BCUT2D eigenvalue weighted by Gasteiger charge is -2.35. The highest BCUT2D eigenvalue weighted by atomic mass is 16.2. The first-order chi connectivity index (χ1) is 9.25. The van der Waals surface area contributed by atoms with E-state index < -0.39 is 0 Å². The molecule has 4 nitrogen and oxygen atoms in total. The van der Waals surface area contributed by atoms with Crippen LogP contribution >= 0.6 is 0 Å². The molecule has 3 rings (SSSR count). The Morgan fingerprint density at radius 2 is 1.95 bits per heavy atom. The maximum absolute atomic E-state index is 12.0. The van der Waals surface area contributed by atoms with Gasteiger partial charge in [0, 0.05) is 26.0 Å². The van der Waals surface area contributed by atoms with Crippen molar-refractivity contribution in [2.45, 2.75) is 6.54 Å². The molecule has 1 aliphatic heterocycles. The van der Waals surface area contributed by atoms with Crippen molar-refractivity contribution < 1.29 is 4.79 Å². The number of carbonyl (C=O) groups is 1. The van der Waals surface area contributed by atoms with Gasteiger partial charge in [-0.2, -0.15) is 0 Å². The van der Waals surface area contributed by atoms with Crippen molar-refractivity contribution in [2.75, 3.05) is 23.4 Å². The number of hydrogen-bond donors (Lipinski definition) is 0. The van der Waals surface area contributed by atoms with Crippen LogP contribution in [0.1, 0.15) is 5.56 Å². The van der Waals surface area contributed by atoms with Gasteiger partial charge in [0.2, 0.25) is 5.91 Å². The van der Waals surface area contributed by atoms with Gasteiger partial charge in [0.25, 0.3) is 0 Å². The summed E-state index contributed by atoms with van der Waals surface area (Å²) in [6.07, 6.45) is 3.60. The molecule has 1 aliphatic rings. The molecule has 0 saturated heterocycles. The van der Waals surface area contributed by atoms with Gasteiger partial charge in [0.1, 0.15) is 0 Å². The van der Waals surface area contributed by atoms with Crippen LogP contribution in [0.3, 0.4) is 0 Å². The van der Waals surface area contributed by atoms with Crippen molar-refractivity contribution >= 4 is 17.3 Å². The predicted molar refractivity (Wildman–Crippen MR) is 75.1 cm³/mol. The van der Waals surface area contributed by atoms with Gasteiger partial charge in [-0.25, -0.2) is 0 Å². The molecule has 4 heteroatoms. The molecule has 1 aromatic carbocycles. The summed E-state index contributed by atoms with van der Waals surface area (Å²) in [5.41, 5.74) is 3.16. The number of nitrogens with zero attached hydrogens (tertiary/aromatic N) is 3. The van der Waals surface area contributed by atoms with Gasteiger partial charge in [-0.3, -0.25) is 9.78 Å². The van der Waals surface area contributed by atoms with Gasteiger partial charge in [-0.1, -0.05) is 18.2 Å². The van der Waals surface area contributed by atoms with Crippen LogP contribution in [-0.2, 0) is 11.3 Å². The third-order valence-electron chi connectivity index (χ3n) is 3.38. The molecule has 19 heavy (non-hydrogen) atoms. The van der Waals surface area contributed by atoms with Crippen molar-refractivity contribution in [3.8, 4) is 0 Å². The molecule has 0 aliphatic carbocycles. The van der Waals surface area contributed by atoms with Crippen LogP contribution in [0.4, 0.5) is 11.4 Å². The first kappa shape index (κ1) is 11.7. The first-order valence-corrected chi connectivity index (χ1v) is 6.25. The monoisotopic (exact) mass is 253 g/mol. The zero-order valence-corrected chi connectivity index (χ0v) is 10.8. The van der Waals surface area contributed by atoms with E-state index in [2.05, 4.69) is 16.0 Å². The fourth-order valence-corrected chi connectivity index (χ4v) is 2.36. The minimum Gasteiger partial charge on any atom is -0.356 e. The molecule has 1 amide bonds. The van der Waals surface area contributed by atoms with Crippen LogP contribution in [0.25, 0.3) is 0 Å². The highest BCUT2D eigenvalue weighted by Gasteiger charge is 2.26. The molecule has 0 saturated carbocycles. The molecule has 0 fully saturated rings. The Bertz CT molecular complexity index is 597. The number of rotatable bonds is 2. The average Bonchev–Trinajstić information content (AvgIpc) is 2.46. The molecular weight excluding hydrogens is 238 g/mol. The average molecular weight is 253 g/mol. The third kappa shape index (κ3) is 2.17. The van der Waals surface area contributed by atoms with Crippen LogP contribution in [0.15, 0.2) is 48.8 Å². The highest BCUT2D eigenvalue weighted by Crippen LogP contribution is 2.33. The first-order valence-electron chi connectivity index (χ1n) is 6.25. The summed E-state index contributed by atoms with van der Waals surface area (Å²) in [6, 6.07) is 11.9. The number of anilines is 2. The summed E-state index contributed by atoms with van der Waals surface area (Å²) < 4.78 is 0. The number of pyridine rings is 1. The van der Waals surface area contributed by atoms with Crippen LogP contribution < -0.4 is 9.80 Å². The van der Waals surface area contributed by atoms with Crippen molar-refractivity contribution in [2.24, 2.45) is 0 Å². The molecule has 0 radical (unpaired) electrons. The zero-order valence-electron chi connectivity index (χ0n) is 10.8. The largest absolute Gasteiger partial charge is 0.356 e. The number of amides is 1. The maximum atomic E-state index is 12.0. The van der Waals surface area contributed by atoms with E-state index in [0.29, 0.717) is 13.1 Å². The van der Waals surface area contributed by atoms with E-state index in [1.54, 1.807) is 11.1 Å². The van der Waals surface area contributed by atoms with Gasteiger partial charge in [-0.05, 0) is 23.8 Å². The lowest BCUT2D eigenvalue weighted by Crippen LogP contribution is -2.43. The normalized spacial score (nSPS) is 14.5. The number of carbonyl (C=O) groups excluding carboxylic acids is 1.